The van der Waals surface area contributed by atoms with Gasteiger partial charge in [0.05, 0.1) is 22.4 Å². The van der Waals surface area contributed by atoms with Crippen molar-refractivity contribution in [2.24, 2.45) is 0 Å². The van der Waals surface area contributed by atoms with E-state index in [-0.39, 0.29) is 11.6 Å². The Morgan fingerprint density at radius 3 is 1.47 bits per heavy atom. The van der Waals surface area contributed by atoms with Crippen LogP contribution in [0.3, 0.4) is 0 Å². The van der Waals surface area contributed by atoms with Gasteiger partial charge in [-0.05, 0) is 96.1 Å². The zero-order valence-electron chi connectivity index (χ0n) is 20.2. The third kappa shape index (κ3) is 4.91. The number of halogens is 2. The lowest BCUT2D eigenvalue weighted by Gasteiger charge is -2.12. The van der Waals surface area contributed by atoms with Crippen LogP contribution in [0.5, 0.6) is 0 Å². The second-order valence-electron chi connectivity index (χ2n) is 8.83. The zero-order valence-corrected chi connectivity index (χ0v) is 20.2. The first-order chi connectivity index (χ1) is 18.6. The molecule has 0 aliphatic heterocycles. The summed E-state index contributed by atoms with van der Waals surface area (Å²) in [5.74, 6) is 5.73. The standard InChI is InChI=1S/C34H20F2N2/c35-29-17-12-26(13-18-29)33-34(27-14-19-30(36)20-15-27)38-32-22-28(16-21-31(32)37-33)25-10-8-24(9-11-25)7-6-23-4-2-1-3-5-23/h1-5,8-22H. The molecule has 180 valence electrons. The van der Waals surface area contributed by atoms with Crippen LogP contribution in [0.4, 0.5) is 8.78 Å². The average molecular weight is 495 g/mol. The topological polar surface area (TPSA) is 25.8 Å². The first-order valence-corrected chi connectivity index (χ1v) is 12.1. The van der Waals surface area contributed by atoms with Gasteiger partial charge in [0.25, 0.3) is 0 Å². The van der Waals surface area contributed by atoms with Gasteiger partial charge in [-0.2, -0.15) is 0 Å². The van der Waals surface area contributed by atoms with Crippen LogP contribution in [-0.2, 0) is 0 Å². The van der Waals surface area contributed by atoms with Crippen molar-refractivity contribution in [3.63, 3.8) is 0 Å². The van der Waals surface area contributed by atoms with Crippen LogP contribution in [0.15, 0.2) is 121 Å². The Labute approximate surface area is 219 Å². The molecule has 0 atom stereocenters. The smallest absolute Gasteiger partial charge is 0.123 e. The van der Waals surface area contributed by atoms with E-state index < -0.39 is 0 Å². The van der Waals surface area contributed by atoms with E-state index in [1.807, 2.05) is 72.8 Å². The van der Waals surface area contributed by atoms with E-state index in [0.29, 0.717) is 22.4 Å². The fraction of sp³-hybridized carbons (Fsp3) is 0. The molecule has 0 bridgehead atoms. The highest BCUT2D eigenvalue weighted by Crippen LogP contribution is 2.32. The van der Waals surface area contributed by atoms with Gasteiger partial charge in [0.2, 0.25) is 0 Å². The van der Waals surface area contributed by atoms with E-state index in [9.17, 15) is 8.78 Å². The Balaban J connectivity index is 1.40. The zero-order chi connectivity index (χ0) is 25.9. The van der Waals surface area contributed by atoms with Crippen molar-refractivity contribution >= 4 is 11.0 Å². The van der Waals surface area contributed by atoms with E-state index in [2.05, 4.69) is 11.8 Å². The molecule has 0 saturated carbocycles. The number of hydrogen-bond acceptors (Lipinski definition) is 2. The highest BCUT2D eigenvalue weighted by Gasteiger charge is 2.14. The van der Waals surface area contributed by atoms with Crippen molar-refractivity contribution in [1.29, 1.82) is 0 Å². The number of nitrogens with zero attached hydrogens (tertiary/aromatic N) is 2. The van der Waals surface area contributed by atoms with Crippen LogP contribution >= 0.6 is 0 Å². The van der Waals surface area contributed by atoms with Gasteiger partial charge in [-0.15, -0.1) is 0 Å². The largest absolute Gasteiger partial charge is 0.244 e. The van der Waals surface area contributed by atoms with Gasteiger partial charge in [0.15, 0.2) is 0 Å². The summed E-state index contributed by atoms with van der Waals surface area (Å²) in [7, 11) is 0. The van der Waals surface area contributed by atoms with Gasteiger partial charge in [-0.25, -0.2) is 18.7 Å². The monoisotopic (exact) mass is 494 g/mol. The minimum absolute atomic E-state index is 0.326. The van der Waals surface area contributed by atoms with Gasteiger partial charge in [-0.1, -0.05) is 48.2 Å². The Kier molecular flexibility index (Phi) is 6.17. The van der Waals surface area contributed by atoms with E-state index in [1.54, 1.807) is 24.3 Å². The lowest BCUT2D eigenvalue weighted by molar-refractivity contribution is 0.627. The Morgan fingerprint density at radius 1 is 0.421 bits per heavy atom. The molecular weight excluding hydrogens is 474 g/mol. The summed E-state index contributed by atoms with van der Waals surface area (Å²) in [6.07, 6.45) is 0. The van der Waals surface area contributed by atoms with Gasteiger partial charge in [0, 0.05) is 22.3 Å². The minimum Gasteiger partial charge on any atom is -0.244 e. The van der Waals surface area contributed by atoms with E-state index in [4.69, 9.17) is 9.97 Å². The molecule has 1 aromatic heterocycles. The minimum atomic E-state index is -0.329. The van der Waals surface area contributed by atoms with Crippen molar-refractivity contribution in [2.75, 3.05) is 0 Å². The molecule has 1 heterocycles. The molecule has 38 heavy (non-hydrogen) atoms. The second-order valence-corrected chi connectivity index (χ2v) is 8.83. The lowest BCUT2D eigenvalue weighted by atomic mass is 10.0. The summed E-state index contributed by atoms with van der Waals surface area (Å²) in [5.41, 5.74) is 8.03. The predicted octanol–water partition coefficient (Wildman–Crippen LogP) is 8.31. The van der Waals surface area contributed by atoms with Crippen molar-refractivity contribution in [3.05, 3.63) is 144 Å². The molecule has 5 aromatic carbocycles. The Bertz CT molecular complexity index is 1800. The molecule has 0 fully saturated rings. The molecule has 6 aromatic rings. The Hall–Kier alpha value is -5.14. The van der Waals surface area contributed by atoms with Gasteiger partial charge < -0.3 is 0 Å². The molecule has 6 rings (SSSR count). The molecule has 4 heteroatoms. The molecule has 0 amide bonds. The SMILES string of the molecule is Fc1ccc(-c2nc3ccc(-c4ccc(C#Cc5ccccc5)cc4)cc3nc2-c2ccc(F)cc2)cc1. The molecule has 0 N–H and O–H groups in total. The molecule has 0 radical (unpaired) electrons. The molecule has 0 aliphatic rings. The summed E-state index contributed by atoms with van der Waals surface area (Å²) in [4.78, 5) is 9.82. The second kappa shape index (κ2) is 10.1. The number of aromatic nitrogens is 2. The van der Waals surface area contributed by atoms with E-state index in [0.717, 1.165) is 33.4 Å². The van der Waals surface area contributed by atoms with Crippen molar-refractivity contribution in [1.82, 2.24) is 9.97 Å². The molecule has 0 unspecified atom stereocenters. The van der Waals surface area contributed by atoms with E-state index >= 15 is 0 Å². The predicted molar refractivity (Wildman–Crippen MR) is 148 cm³/mol. The molecule has 2 nitrogen and oxygen atoms in total. The fourth-order valence-corrected chi connectivity index (χ4v) is 4.26. The van der Waals surface area contributed by atoms with Crippen LogP contribution < -0.4 is 0 Å². The third-order valence-electron chi connectivity index (χ3n) is 6.24. The fourth-order valence-electron chi connectivity index (χ4n) is 4.26. The summed E-state index contributed by atoms with van der Waals surface area (Å²) in [5, 5.41) is 0. The van der Waals surface area contributed by atoms with Crippen LogP contribution in [0.1, 0.15) is 11.1 Å². The maximum absolute atomic E-state index is 13.6. The number of rotatable bonds is 3. The summed E-state index contributed by atoms with van der Waals surface area (Å²) < 4.78 is 27.2. The van der Waals surface area contributed by atoms with Gasteiger partial charge in [-0.3, -0.25) is 0 Å². The van der Waals surface area contributed by atoms with Crippen LogP contribution in [0.25, 0.3) is 44.7 Å². The van der Waals surface area contributed by atoms with Crippen molar-refractivity contribution < 1.29 is 8.78 Å². The van der Waals surface area contributed by atoms with Crippen LogP contribution in [0.2, 0.25) is 0 Å². The maximum Gasteiger partial charge on any atom is 0.123 e. The van der Waals surface area contributed by atoms with Crippen molar-refractivity contribution in [2.45, 2.75) is 0 Å². The normalized spacial score (nSPS) is 10.7. The Morgan fingerprint density at radius 2 is 0.895 bits per heavy atom. The molecular formula is C34H20F2N2. The summed E-state index contributed by atoms with van der Waals surface area (Å²) in [6.45, 7) is 0. The van der Waals surface area contributed by atoms with Crippen LogP contribution in [-0.4, -0.2) is 9.97 Å². The summed E-state index contributed by atoms with van der Waals surface area (Å²) >= 11 is 0. The number of fused-ring (bicyclic) bond motifs is 1. The molecule has 0 saturated heterocycles. The molecule has 0 spiro atoms. The summed E-state index contributed by atoms with van der Waals surface area (Å²) in [6, 6.07) is 36.2. The maximum atomic E-state index is 13.6. The average Bonchev–Trinajstić information content (AvgIpc) is 2.97. The highest BCUT2D eigenvalue weighted by atomic mass is 19.1. The van der Waals surface area contributed by atoms with Crippen molar-refractivity contribution in [3.8, 4) is 45.5 Å². The first kappa shape index (κ1) is 23.3. The third-order valence-corrected chi connectivity index (χ3v) is 6.24. The highest BCUT2D eigenvalue weighted by molar-refractivity contribution is 5.88. The van der Waals surface area contributed by atoms with Crippen LogP contribution in [0, 0.1) is 23.5 Å². The first-order valence-electron chi connectivity index (χ1n) is 12.1. The quantitative estimate of drug-likeness (QED) is 0.231. The lowest BCUT2D eigenvalue weighted by Crippen LogP contribution is -1.96. The number of hydrogen-bond donors (Lipinski definition) is 0. The molecule has 0 aliphatic carbocycles. The van der Waals surface area contributed by atoms with Gasteiger partial charge >= 0.3 is 0 Å². The van der Waals surface area contributed by atoms with Gasteiger partial charge in [0.1, 0.15) is 11.6 Å². The van der Waals surface area contributed by atoms with E-state index in [1.165, 1.54) is 24.3 Å². The number of benzene rings is 5.